The van der Waals surface area contributed by atoms with E-state index in [0.29, 0.717) is 0 Å². The molecule has 0 N–H and O–H groups in total. The Kier molecular flexibility index (Phi) is 4.91. The van der Waals surface area contributed by atoms with Crippen molar-refractivity contribution >= 4 is 27.2 Å². The van der Waals surface area contributed by atoms with Crippen LogP contribution < -0.4 is 18.9 Å². The van der Waals surface area contributed by atoms with Crippen molar-refractivity contribution in [3.63, 3.8) is 0 Å². The third-order valence-electron chi connectivity index (χ3n) is 5.63. The summed E-state index contributed by atoms with van der Waals surface area (Å²) in [5.74, 6) is 3.02. The highest BCUT2D eigenvalue weighted by Crippen LogP contribution is 2.52. The van der Waals surface area contributed by atoms with Gasteiger partial charge in [-0.3, -0.25) is 0 Å². The first-order valence-electron chi connectivity index (χ1n) is 9.17. The van der Waals surface area contributed by atoms with Crippen LogP contribution in [0.2, 0.25) is 0 Å². The molecule has 2 aromatic carbocycles. The second kappa shape index (κ2) is 7.24. The van der Waals surface area contributed by atoms with Gasteiger partial charge in [0, 0.05) is 30.0 Å². The number of hydrogen-bond acceptors (Lipinski definition) is 5. The lowest BCUT2D eigenvalue weighted by molar-refractivity contribution is 0.352. The molecule has 1 heterocycles. The van der Waals surface area contributed by atoms with Gasteiger partial charge in [0.1, 0.15) is 0 Å². The van der Waals surface area contributed by atoms with Gasteiger partial charge in [-0.1, -0.05) is 15.9 Å². The fourth-order valence-electron chi connectivity index (χ4n) is 4.29. The number of hydrogen-bond donors (Lipinski definition) is 0. The Labute approximate surface area is 174 Å². The zero-order valence-electron chi connectivity index (χ0n) is 16.8. The van der Waals surface area contributed by atoms with Crippen LogP contribution in [-0.4, -0.2) is 46.9 Å². The van der Waals surface area contributed by atoms with E-state index in [2.05, 4.69) is 40.0 Å². The summed E-state index contributed by atoms with van der Waals surface area (Å²) in [7, 11) is 8.86. The van der Waals surface area contributed by atoms with Gasteiger partial charge in [0.05, 0.1) is 34.1 Å². The highest BCUT2D eigenvalue weighted by molar-refractivity contribution is 9.10. The summed E-state index contributed by atoms with van der Waals surface area (Å²) in [4.78, 5) is 2.31. The van der Waals surface area contributed by atoms with E-state index >= 15 is 0 Å². The van der Waals surface area contributed by atoms with Crippen LogP contribution in [0.1, 0.15) is 22.3 Å². The number of methoxy groups -OCH3 is 4. The van der Waals surface area contributed by atoms with Gasteiger partial charge in [-0.15, -0.1) is 0 Å². The molecule has 28 heavy (non-hydrogen) atoms. The number of allylic oxidation sites excluding steroid dienone is 1. The van der Waals surface area contributed by atoms with E-state index in [1.54, 1.807) is 28.4 Å². The van der Waals surface area contributed by atoms with Crippen LogP contribution in [0.25, 0.3) is 11.3 Å². The molecule has 0 saturated carbocycles. The quantitative estimate of drug-likeness (QED) is 0.697. The second-order valence-electron chi connectivity index (χ2n) is 6.99. The van der Waals surface area contributed by atoms with Crippen molar-refractivity contribution in [1.29, 1.82) is 0 Å². The molecular weight excluding hydrogens is 422 g/mol. The number of benzene rings is 2. The van der Waals surface area contributed by atoms with Crippen LogP contribution in [0.4, 0.5) is 0 Å². The summed E-state index contributed by atoms with van der Waals surface area (Å²) in [6.07, 6.45) is 1.75. The van der Waals surface area contributed by atoms with Crippen molar-refractivity contribution in [3.05, 3.63) is 44.9 Å². The van der Waals surface area contributed by atoms with Crippen LogP contribution in [0.15, 0.2) is 22.7 Å². The molecule has 2 aromatic rings. The molecule has 1 aliphatic carbocycles. The second-order valence-corrected chi connectivity index (χ2v) is 7.84. The van der Waals surface area contributed by atoms with Crippen molar-refractivity contribution in [2.45, 2.75) is 12.8 Å². The van der Waals surface area contributed by atoms with E-state index < -0.39 is 0 Å². The summed E-state index contributed by atoms with van der Waals surface area (Å²) < 4.78 is 23.5. The molecule has 0 spiro atoms. The van der Waals surface area contributed by atoms with Gasteiger partial charge >= 0.3 is 0 Å². The van der Waals surface area contributed by atoms with Gasteiger partial charge in [0.25, 0.3) is 0 Å². The third kappa shape index (κ3) is 2.73. The highest BCUT2D eigenvalue weighted by Gasteiger charge is 2.35. The molecule has 0 atom stereocenters. The van der Waals surface area contributed by atoms with Crippen LogP contribution in [0.3, 0.4) is 0 Å². The highest BCUT2D eigenvalue weighted by atomic mass is 79.9. The van der Waals surface area contributed by atoms with E-state index in [-0.39, 0.29) is 0 Å². The molecule has 0 saturated heterocycles. The minimum Gasteiger partial charge on any atom is -0.493 e. The predicted octanol–water partition coefficient (Wildman–Crippen LogP) is 4.40. The fraction of sp³-hybridized carbons (Fsp3) is 0.364. The largest absolute Gasteiger partial charge is 0.493 e. The Morgan fingerprint density at radius 3 is 2.21 bits per heavy atom. The number of rotatable bonds is 4. The Morgan fingerprint density at radius 1 is 0.893 bits per heavy atom. The van der Waals surface area contributed by atoms with Crippen molar-refractivity contribution < 1.29 is 18.9 Å². The van der Waals surface area contributed by atoms with E-state index in [1.165, 1.54) is 28.0 Å². The van der Waals surface area contributed by atoms with Crippen LogP contribution in [0.5, 0.6) is 23.0 Å². The Bertz CT molecular complexity index is 983. The average Bonchev–Trinajstić information content (AvgIpc) is 3.06. The number of nitrogens with zero attached hydrogens (tertiary/aromatic N) is 1. The first kappa shape index (κ1) is 19.0. The summed E-state index contributed by atoms with van der Waals surface area (Å²) >= 11 is 3.74. The zero-order chi connectivity index (χ0) is 20.0. The monoisotopic (exact) mass is 445 g/mol. The summed E-state index contributed by atoms with van der Waals surface area (Å²) in [5.41, 5.74) is 7.27. The van der Waals surface area contributed by atoms with Crippen molar-refractivity contribution in [3.8, 4) is 23.0 Å². The van der Waals surface area contributed by atoms with Gasteiger partial charge in [-0.2, -0.15) is 0 Å². The summed E-state index contributed by atoms with van der Waals surface area (Å²) in [6.45, 7) is 0.902. The van der Waals surface area contributed by atoms with E-state index in [9.17, 15) is 0 Å². The van der Waals surface area contributed by atoms with Crippen LogP contribution in [0, 0.1) is 0 Å². The molecule has 0 aromatic heterocycles. The summed E-state index contributed by atoms with van der Waals surface area (Å²) in [6, 6.07) is 6.19. The zero-order valence-corrected chi connectivity index (χ0v) is 18.4. The number of likely N-dealkylation sites (N-methyl/N-ethyl adjacent to an activating group) is 1. The molecule has 5 nitrogen and oxygen atoms in total. The molecule has 148 valence electrons. The van der Waals surface area contributed by atoms with Crippen molar-refractivity contribution in [2.24, 2.45) is 0 Å². The minimum absolute atomic E-state index is 0.729. The molecule has 6 heteroatoms. The Morgan fingerprint density at radius 2 is 1.57 bits per heavy atom. The smallest absolute Gasteiger partial charge is 0.170 e. The van der Waals surface area contributed by atoms with E-state index in [1.807, 2.05) is 6.07 Å². The maximum absolute atomic E-state index is 5.79. The van der Waals surface area contributed by atoms with Crippen LogP contribution >= 0.6 is 15.9 Å². The van der Waals surface area contributed by atoms with Crippen molar-refractivity contribution in [1.82, 2.24) is 4.90 Å². The van der Waals surface area contributed by atoms with Gasteiger partial charge in [0.15, 0.2) is 23.0 Å². The molecular formula is C22H24BrNO4. The lowest BCUT2D eigenvalue weighted by atomic mass is 9.96. The van der Waals surface area contributed by atoms with E-state index in [4.69, 9.17) is 18.9 Å². The maximum atomic E-state index is 5.79. The van der Waals surface area contributed by atoms with Gasteiger partial charge in [-0.25, -0.2) is 0 Å². The van der Waals surface area contributed by atoms with Gasteiger partial charge in [-0.05, 0) is 46.9 Å². The molecule has 2 aliphatic rings. The van der Waals surface area contributed by atoms with Crippen LogP contribution in [-0.2, 0) is 12.8 Å². The predicted molar refractivity (Wildman–Crippen MR) is 114 cm³/mol. The molecule has 0 amide bonds. The number of halogens is 1. The van der Waals surface area contributed by atoms with Crippen molar-refractivity contribution in [2.75, 3.05) is 42.0 Å². The van der Waals surface area contributed by atoms with Gasteiger partial charge < -0.3 is 23.8 Å². The first-order chi connectivity index (χ1) is 13.5. The first-order valence-corrected chi connectivity index (χ1v) is 9.96. The lowest BCUT2D eigenvalue weighted by Crippen LogP contribution is -2.18. The molecule has 0 radical (unpaired) electrons. The average molecular weight is 446 g/mol. The number of ether oxygens (including phenoxy) is 4. The SMILES string of the molecule is COc1cc2c(cc1OC)C1=C(c3c(c(Br)cc(OC)c3OC)C1)N(C)CC2. The lowest BCUT2D eigenvalue weighted by Gasteiger charge is -2.23. The summed E-state index contributed by atoms with van der Waals surface area (Å²) in [5, 5.41) is 0. The molecule has 4 rings (SSSR count). The molecule has 1 aliphatic heterocycles. The fourth-order valence-corrected chi connectivity index (χ4v) is 4.84. The third-order valence-corrected chi connectivity index (χ3v) is 6.34. The number of fused-ring (bicyclic) bond motifs is 4. The topological polar surface area (TPSA) is 40.2 Å². The molecule has 0 bridgehead atoms. The molecule has 0 unspecified atom stereocenters. The van der Waals surface area contributed by atoms with E-state index in [0.717, 1.165) is 52.4 Å². The van der Waals surface area contributed by atoms with Gasteiger partial charge in [0.2, 0.25) is 0 Å². The maximum Gasteiger partial charge on any atom is 0.170 e. The minimum atomic E-state index is 0.729. The Hall–Kier alpha value is -2.34. The standard InChI is InChI=1S/C22H24BrNO4/c1-24-7-6-12-8-17(25-2)18(26-3)10-13(12)14-9-15-16(23)11-19(27-4)22(28-5)20(15)21(14)24/h8,10-11H,6-7,9H2,1-5H3. The molecule has 0 fully saturated rings. The normalized spacial score (nSPS) is 14.9. The Balaban J connectivity index is 2.00.